The van der Waals surface area contributed by atoms with E-state index in [0.717, 1.165) is 0 Å². The van der Waals surface area contributed by atoms with E-state index in [1.165, 1.54) is 11.0 Å². The minimum atomic E-state index is -0.203. The fourth-order valence-electron chi connectivity index (χ4n) is 2.58. The monoisotopic (exact) mass is 475 g/mol. The number of likely N-dealkylation sites (N-methyl/N-ethyl adjacent to an activating group) is 1. The first-order chi connectivity index (χ1) is 12.0. The molecule has 0 spiro atoms. The van der Waals surface area contributed by atoms with Crippen molar-refractivity contribution in [2.75, 3.05) is 58.3 Å². The van der Waals surface area contributed by atoms with Crippen molar-refractivity contribution in [3.8, 4) is 0 Å². The van der Waals surface area contributed by atoms with E-state index in [0.29, 0.717) is 44.4 Å². The average Bonchev–Trinajstić information content (AvgIpc) is 2.62. The highest BCUT2D eigenvalue weighted by molar-refractivity contribution is 14.0. The number of hydrogen-bond donors (Lipinski definition) is 1. The molecule has 2 rings (SSSR count). The molecule has 1 heterocycles. The molecule has 1 aliphatic rings. The topological polar surface area (TPSA) is 51.2 Å². The summed E-state index contributed by atoms with van der Waals surface area (Å²) < 4.78 is 13.9. The van der Waals surface area contributed by atoms with Crippen LogP contribution in [0.4, 0.5) is 10.1 Å². The lowest BCUT2D eigenvalue weighted by Gasteiger charge is -2.37. The summed E-state index contributed by atoms with van der Waals surface area (Å²) in [5.41, 5.74) is 0.627. The number of aliphatic imine (C=N–C) groups is 1. The van der Waals surface area contributed by atoms with Gasteiger partial charge in [0.25, 0.3) is 0 Å². The van der Waals surface area contributed by atoms with E-state index in [1.807, 2.05) is 11.0 Å². The van der Waals surface area contributed by atoms with Crippen molar-refractivity contribution in [2.24, 2.45) is 4.99 Å². The smallest absolute Gasteiger partial charge is 0.243 e. The zero-order valence-electron chi connectivity index (χ0n) is 15.3. The van der Waals surface area contributed by atoms with Gasteiger partial charge in [-0.1, -0.05) is 18.2 Å². The Morgan fingerprint density at radius 3 is 2.54 bits per heavy atom. The molecule has 1 saturated heterocycles. The molecule has 144 valence electrons. The van der Waals surface area contributed by atoms with E-state index < -0.39 is 0 Å². The van der Waals surface area contributed by atoms with E-state index in [2.05, 4.69) is 21.8 Å². The van der Waals surface area contributed by atoms with Crippen LogP contribution in [0.3, 0.4) is 0 Å². The third-order valence-electron chi connectivity index (χ3n) is 4.04. The van der Waals surface area contributed by atoms with E-state index in [1.54, 1.807) is 32.3 Å². The number of guanidine groups is 1. The Hall–Kier alpha value is -1.84. The van der Waals surface area contributed by atoms with Gasteiger partial charge in [0.2, 0.25) is 5.91 Å². The van der Waals surface area contributed by atoms with Crippen LogP contribution in [0.25, 0.3) is 0 Å². The Balaban J connectivity index is 0.00000338. The van der Waals surface area contributed by atoms with Gasteiger partial charge < -0.3 is 20.0 Å². The summed E-state index contributed by atoms with van der Waals surface area (Å²) in [5.74, 6) is 0.428. The number of rotatable bonds is 5. The molecule has 0 saturated carbocycles. The fourth-order valence-corrected chi connectivity index (χ4v) is 2.58. The van der Waals surface area contributed by atoms with E-state index >= 15 is 0 Å². The van der Waals surface area contributed by atoms with Gasteiger partial charge in [-0.05, 0) is 12.1 Å². The highest BCUT2D eigenvalue weighted by Gasteiger charge is 2.21. The normalized spacial score (nSPS) is 14.5. The Morgan fingerprint density at radius 2 is 1.96 bits per heavy atom. The number of nitrogens with one attached hydrogen (secondary N) is 1. The third-order valence-corrected chi connectivity index (χ3v) is 4.04. The van der Waals surface area contributed by atoms with Crippen LogP contribution in [-0.2, 0) is 4.79 Å². The molecule has 1 aromatic carbocycles. The number of benzene rings is 1. The lowest BCUT2D eigenvalue weighted by molar-refractivity contribution is -0.127. The molecule has 26 heavy (non-hydrogen) atoms. The van der Waals surface area contributed by atoms with Crippen molar-refractivity contribution in [1.82, 2.24) is 15.1 Å². The number of piperazine rings is 1. The molecule has 1 fully saturated rings. The van der Waals surface area contributed by atoms with Crippen LogP contribution in [0.2, 0.25) is 0 Å². The Kier molecular flexibility index (Phi) is 9.39. The number of para-hydroxylation sites is 1. The summed E-state index contributed by atoms with van der Waals surface area (Å²) in [5, 5.41) is 3.19. The molecule has 0 aliphatic carbocycles. The number of halogens is 2. The zero-order chi connectivity index (χ0) is 18.2. The van der Waals surface area contributed by atoms with Gasteiger partial charge in [-0.25, -0.2) is 9.38 Å². The van der Waals surface area contributed by atoms with Crippen LogP contribution in [-0.4, -0.2) is 75.0 Å². The molecule has 1 aromatic rings. The minimum Gasteiger partial charge on any atom is -0.366 e. The van der Waals surface area contributed by atoms with Gasteiger partial charge in [0.1, 0.15) is 12.4 Å². The predicted molar refractivity (Wildman–Crippen MR) is 115 cm³/mol. The van der Waals surface area contributed by atoms with Crippen molar-refractivity contribution in [3.05, 3.63) is 42.7 Å². The van der Waals surface area contributed by atoms with Crippen molar-refractivity contribution < 1.29 is 9.18 Å². The van der Waals surface area contributed by atoms with Gasteiger partial charge in [-0.15, -0.1) is 30.6 Å². The number of anilines is 1. The van der Waals surface area contributed by atoms with Gasteiger partial charge in [-0.3, -0.25) is 4.79 Å². The quantitative estimate of drug-likeness (QED) is 0.306. The van der Waals surface area contributed by atoms with Crippen LogP contribution < -0.4 is 10.2 Å². The number of carbonyl (C=O) groups is 1. The van der Waals surface area contributed by atoms with E-state index in [4.69, 9.17) is 0 Å². The van der Waals surface area contributed by atoms with Crippen molar-refractivity contribution >= 4 is 41.5 Å². The first-order valence-electron chi connectivity index (χ1n) is 8.36. The van der Waals surface area contributed by atoms with E-state index in [9.17, 15) is 9.18 Å². The molecule has 1 N–H and O–H groups in total. The van der Waals surface area contributed by atoms with E-state index in [-0.39, 0.29) is 42.2 Å². The summed E-state index contributed by atoms with van der Waals surface area (Å²) in [6.45, 7) is 7.16. The summed E-state index contributed by atoms with van der Waals surface area (Å²) in [6.07, 6.45) is 1.75. The predicted octanol–water partition coefficient (Wildman–Crippen LogP) is 1.79. The van der Waals surface area contributed by atoms with Crippen LogP contribution in [0.1, 0.15) is 0 Å². The Morgan fingerprint density at radius 1 is 1.31 bits per heavy atom. The van der Waals surface area contributed by atoms with Crippen LogP contribution >= 0.6 is 24.0 Å². The zero-order valence-corrected chi connectivity index (χ0v) is 17.7. The lowest BCUT2D eigenvalue weighted by Crippen LogP contribution is -2.53. The second kappa shape index (κ2) is 11.0. The van der Waals surface area contributed by atoms with Crippen molar-refractivity contribution in [3.63, 3.8) is 0 Å². The van der Waals surface area contributed by atoms with Gasteiger partial charge >= 0.3 is 0 Å². The third kappa shape index (κ3) is 6.15. The number of carbonyl (C=O) groups excluding carboxylic acids is 1. The molecule has 0 aromatic heterocycles. The second-order valence-electron chi connectivity index (χ2n) is 6.02. The second-order valence-corrected chi connectivity index (χ2v) is 6.02. The largest absolute Gasteiger partial charge is 0.366 e. The SMILES string of the molecule is C=CCNC(=NCC(=O)N(C)C)N1CCN(c2ccccc2F)CC1.I. The molecule has 0 radical (unpaired) electrons. The maximum atomic E-state index is 13.9. The molecule has 6 nitrogen and oxygen atoms in total. The maximum absolute atomic E-state index is 13.9. The molecular formula is C18H27FIN5O. The molecule has 8 heteroatoms. The van der Waals surface area contributed by atoms with Gasteiger partial charge in [-0.2, -0.15) is 0 Å². The van der Waals surface area contributed by atoms with Gasteiger partial charge in [0, 0.05) is 46.8 Å². The van der Waals surface area contributed by atoms with Crippen molar-refractivity contribution in [2.45, 2.75) is 0 Å². The van der Waals surface area contributed by atoms with Crippen LogP contribution in [0, 0.1) is 5.82 Å². The molecule has 0 bridgehead atoms. The van der Waals surface area contributed by atoms with Gasteiger partial charge in [0.05, 0.1) is 5.69 Å². The Labute approximate surface area is 171 Å². The molecule has 0 atom stereocenters. The summed E-state index contributed by atoms with van der Waals surface area (Å²) in [6, 6.07) is 6.82. The average molecular weight is 475 g/mol. The minimum absolute atomic E-state index is 0. The molecule has 0 unspecified atom stereocenters. The summed E-state index contributed by atoms with van der Waals surface area (Å²) in [7, 11) is 3.42. The number of nitrogens with zero attached hydrogens (tertiary/aromatic N) is 4. The summed E-state index contributed by atoms with van der Waals surface area (Å²) >= 11 is 0. The summed E-state index contributed by atoms with van der Waals surface area (Å²) in [4.78, 5) is 21.8. The first kappa shape index (κ1) is 22.2. The molecule has 1 amide bonds. The maximum Gasteiger partial charge on any atom is 0.243 e. The van der Waals surface area contributed by atoms with Crippen molar-refractivity contribution in [1.29, 1.82) is 0 Å². The molecule has 1 aliphatic heterocycles. The van der Waals surface area contributed by atoms with Gasteiger partial charge in [0.15, 0.2) is 5.96 Å². The fraction of sp³-hybridized carbons (Fsp3) is 0.444. The first-order valence-corrected chi connectivity index (χ1v) is 8.36. The van der Waals surface area contributed by atoms with Crippen LogP contribution in [0.15, 0.2) is 41.9 Å². The highest BCUT2D eigenvalue weighted by atomic mass is 127. The lowest BCUT2D eigenvalue weighted by atomic mass is 10.2. The Bertz CT molecular complexity index is 630. The molecular weight excluding hydrogens is 448 g/mol. The van der Waals surface area contributed by atoms with Crippen LogP contribution in [0.5, 0.6) is 0 Å². The number of hydrogen-bond acceptors (Lipinski definition) is 3. The number of amides is 1. The highest BCUT2D eigenvalue weighted by Crippen LogP contribution is 2.20. The standard InChI is InChI=1S/C18H26FN5O.HI/c1-4-9-20-18(21-14-17(25)22(2)3)24-12-10-23(11-13-24)16-8-6-5-7-15(16)19;/h4-8H,1,9-14H2,2-3H3,(H,20,21);1H.